The number of aromatic nitrogens is 5. The molecule has 5 aromatic heterocycles. The third kappa shape index (κ3) is 26.6. The van der Waals surface area contributed by atoms with Crippen molar-refractivity contribution < 1.29 is 50.7 Å². The van der Waals surface area contributed by atoms with Crippen LogP contribution in [0, 0.1) is 34.5 Å². The highest BCUT2D eigenvalue weighted by atomic mass is 32.1. The summed E-state index contributed by atoms with van der Waals surface area (Å²) in [7, 11) is 2.06. The van der Waals surface area contributed by atoms with Crippen molar-refractivity contribution in [3.05, 3.63) is 329 Å². The molecule has 0 bridgehead atoms. The summed E-state index contributed by atoms with van der Waals surface area (Å²) in [5.41, 5.74) is 7.45. The number of ether oxygens (including phenoxy) is 1. The molecule has 5 amide bonds. The summed E-state index contributed by atoms with van der Waals surface area (Å²) < 4.78 is 70.4. The summed E-state index contributed by atoms with van der Waals surface area (Å²) in [5, 5.41) is 23.5. The Morgan fingerprint density at radius 1 is 0.369 bits per heavy atom. The van der Waals surface area contributed by atoms with Gasteiger partial charge in [0.2, 0.25) is 5.91 Å². The van der Waals surface area contributed by atoms with Crippen LogP contribution >= 0.6 is 48.9 Å². The maximum absolute atomic E-state index is 13.0. The molecule has 10 heterocycles. The Morgan fingerprint density at radius 3 is 1.03 bits per heavy atom. The zero-order valence-corrected chi connectivity index (χ0v) is 70.1. The molecule has 0 radical (unpaired) electrons. The van der Waals surface area contributed by atoms with Crippen LogP contribution in [0.4, 0.5) is 22.0 Å². The molecule has 0 aliphatic carbocycles. The van der Waals surface area contributed by atoms with Gasteiger partial charge in [-0.25, -0.2) is 22.0 Å². The Labute approximate surface area is 726 Å². The second-order valence-corrected chi connectivity index (χ2v) is 30.6. The van der Waals surface area contributed by atoms with Crippen LogP contribution in [0.2, 0.25) is 0 Å². The van der Waals surface area contributed by atoms with Crippen LogP contribution in [0.1, 0.15) is 163 Å². The number of hydrogen-bond donors (Lipinski definition) is 6. The van der Waals surface area contributed by atoms with Gasteiger partial charge in [-0.1, -0.05) is 42.5 Å². The van der Waals surface area contributed by atoms with Crippen LogP contribution in [0.5, 0.6) is 0 Å². The second kappa shape index (κ2) is 46.0. The van der Waals surface area contributed by atoms with Crippen molar-refractivity contribution in [1.82, 2.24) is 80.9 Å². The Bertz CT molecular complexity index is 4840. The summed E-state index contributed by atoms with van der Waals surface area (Å²) in [6.07, 6.45) is 27.1. The fourth-order valence-corrected chi connectivity index (χ4v) is 15.7. The molecule has 10 aromatic rings. The van der Waals surface area contributed by atoms with Crippen molar-refractivity contribution in [2.45, 2.75) is 94.4 Å². The Balaban J connectivity index is 0.000000149. The number of likely N-dealkylation sites (N-methyl/N-ethyl adjacent to an activating group) is 1. The molecule has 632 valence electrons. The molecule has 5 aliphatic rings. The highest BCUT2D eigenvalue weighted by Crippen LogP contribution is 2.34. The van der Waals surface area contributed by atoms with E-state index >= 15 is 0 Å². The molecule has 0 spiro atoms. The number of thiocarbonyl (C=S) groups is 4. The fraction of sp³-hybridized carbons (Fsp3) is 0.278. The first-order valence-corrected chi connectivity index (χ1v) is 41.4. The van der Waals surface area contributed by atoms with E-state index in [1.54, 1.807) is 55.5 Å². The van der Waals surface area contributed by atoms with E-state index in [2.05, 4.69) is 68.4 Å². The van der Waals surface area contributed by atoms with Gasteiger partial charge >= 0.3 is 0 Å². The van der Waals surface area contributed by atoms with Crippen LogP contribution in [0.3, 0.4) is 0 Å². The van der Waals surface area contributed by atoms with E-state index in [4.69, 9.17) is 59.0 Å². The predicted molar refractivity (Wildman–Crippen MR) is 470 cm³/mol. The summed E-state index contributed by atoms with van der Waals surface area (Å²) in [6.45, 7) is 6.24. The van der Waals surface area contributed by atoms with Crippen LogP contribution in [0.15, 0.2) is 244 Å². The fourth-order valence-electron chi connectivity index (χ4n) is 14.4. The first-order chi connectivity index (χ1) is 59.1. The molecule has 5 aromatic carbocycles. The van der Waals surface area contributed by atoms with Crippen LogP contribution in [0.25, 0.3) is 0 Å². The number of pyridine rings is 5. The summed E-state index contributed by atoms with van der Waals surface area (Å²) in [5.74, 6) is -3.40. The molecule has 122 heavy (non-hydrogen) atoms. The maximum Gasteiger partial charge on any atom is 0.257 e. The number of hydrogen-bond acceptors (Lipinski definition) is 17. The van der Waals surface area contributed by atoms with Gasteiger partial charge in [0.1, 0.15) is 29.1 Å². The van der Waals surface area contributed by atoms with Crippen LogP contribution in [-0.4, -0.2) is 176 Å². The minimum atomic E-state index is -0.407. The lowest BCUT2D eigenvalue weighted by molar-refractivity contribution is -0.119. The second-order valence-electron chi connectivity index (χ2n) is 29.1. The normalized spacial score (nSPS) is 17.5. The maximum atomic E-state index is 13.0. The SMILES string of the molecule is CN1CCN(C(=S)NC(=O)c2ccc(F)cc2)C(c2cccnc2)C1.N=C(NC(=O)c1ccc(F)cc1)N1CCCCC1c1cccnc1.O=C(Cc1ccc(F)cc1)NC(=S)N1CCCCC1c1cccnc1.O=C(NC(=S)N1CCCCC1c1cccnc1)c1ccc(F)cc1.O=C(NC(=S)N1CCOCC1c1cccnc1)c1ccc(F)cc1. The molecule has 15 rings (SSSR count). The number of piperazine rings is 1. The third-order valence-corrected chi connectivity index (χ3v) is 22.1. The average Bonchev–Trinajstić information content (AvgIpc) is 0.840. The number of nitrogens with one attached hydrogen (secondary N) is 6. The smallest absolute Gasteiger partial charge is 0.257 e. The van der Waals surface area contributed by atoms with Gasteiger partial charge in [-0.3, -0.25) is 75.6 Å². The van der Waals surface area contributed by atoms with Crippen molar-refractivity contribution in [1.29, 1.82) is 5.41 Å². The molecule has 5 fully saturated rings. The predicted octanol–water partition coefficient (Wildman–Crippen LogP) is 14.5. The van der Waals surface area contributed by atoms with Crippen LogP contribution in [-0.2, 0) is 16.0 Å². The van der Waals surface area contributed by atoms with Gasteiger partial charge in [-0.15, -0.1) is 0 Å². The zero-order chi connectivity index (χ0) is 86.3. The van der Waals surface area contributed by atoms with Gasteiger partial charge in [-0.2, -0.15) is 0 Å². The first-order valence-electron chi connectivity index (χ1n) is 39.8. The Hall–Kier alpha value is -12.2. The number of benzene rings is 5. The van der Waals surface area contributed by atoms with Crippen molar-refractivity contribution in [2.75, 3.05) is 66.1 Å². The van der Waals surface area contributed by atoms with E-state index in [1.165, 1.54) is 109 Å². The molecule has 5 atom stereocenters. The largest absolute Gasteiger partial charge is 0.377 e. The minimum Gasteiger partial charge on any atom is -0.377 e. The highest BCUT2D eigenvalue weighted by molar-refractivity contribution is 7.80. The first kappa shape index (κ1) is 90.6. The average molecular weight is 1730 g/mol. The number of morpholine rings is 1. The molecule has 0 saturated carbocycles. The topological polar surface area (TPSA) is 262 Å². The molecule has 5 aliphatic heterocycles. The molecule has 6 N–H and O–H groups in total. The van der Waals surface area contributed by atoms with Crippen LogP contribution < -0.4 is 26.6 Å². The number of nitrogens with zero attached hydrogens (tertiary/aromatic N) is 11. The molecule has 23 nitrogen and oxygen atoms in total. The van der Waals surface area contributed by atoms with E-state index in [9.17, 15) is 45.9 Å². The minimum absolute atomic E-state index is 0.0217. The number of carbonyl (C=O) groups is 5. The van der Waals surface area contributed by atoms with E-state index < -0.39 is 11.7 Å². The summed E-state index contributed by atoms with van der Waals surface area (Å²) >= 11 is 21.8. The number of carbonyl (C=O) groups excluding carboxylic acids is 5. The Morgan fingerprint density at radius 2 is 0.672 bits per heavy atom. The number of guanidine groups is 1. The van der Waals surface area contributed by atoms with Gasteiger partial charge in [-0.05, 0) is 287 Å². The van der Waals surface area contributed by atoms with Gasteiger partial charge in [0.15, 0.2) is 26.4 Å². The van der Waals surface area contributed by atoms with E-state index in [0.29, 0.717) is 75.6 Å². The van der Waals surface area contributed by atoms with Crippen molar-refractivity contribution in [2.24, 2.45) is 0 Å². The number of halogens is 5. The van der Waals surface area contributed by atoms with Gasteiger partial charge in [0.05, 0.1) is 49.8 Å². The van der Waals surface area contributed by atoms with E-state index in [1.807, 2.05) is 98.9 Å². The molecular formula is C90H92F5N17O6S4. The lowest BCUT2D eigenvalue weighted by atomic mass is 9.97. The Kier molecular flexibility index (Phi) is 34.1. The van der Waals surface area contributed by atoms with Gasteiger partial charge in [0.25, 0.3) is 23.6 Å². The van der Waals surface area contributed by atoms with E-state index in [0.717, 1.165) is 117 Å². The van der Waals surface area contributed by atoms with Gasteiger partial charge in [0, 0.05) is 130 Å². The summed E-state index contributed by atoms with van der Waals surface area (Å²) in [4.78, 5) is 94.4. The third-order valence-electron chi connectivity index (χ3n) is 20.7. The summed E-state index contributed by atoms with van der Waals surface area (Å²) in [6, 6.07) is 47.0. The monoisotopic (exact) mass is 1730 g/mol. The molecule has 5 unspecified atom stereocenters. The molecule has 5 saturated heterocycles. The van der Waals surface area contributed by atoms with Gasteiger partial charge < -0.3 is 39.5 Å². The quantitative estimate of drug-likeness (QED) is 0.0304. The van der Waals surface area contributed by atoms with Crippen molar-refractivity contribution in [3.63, 3.8) is 0 Å². The number of piperidine rings is 3. The van der Waals surface area contributed by atoms with Crippen molar-refractivity contribution in [3.8, 4) is 0 Å². The lowest BCUT2D eigenvalue weighted by Crippen LogP contribution is -2.53. The number of rotatable bonds is 11. The van der Waals surface area contributed by atoms with Crippen molar-refractivity contribution >= 4 is 105 Å². The van der Waals surface area contributed by atoms with E-state index in [-0.39, 0.29) is 89.5 Å². The number of likely N-dealkylation sites (tertiary alicyclic amines) is 3. The molecular weight excluding hydrogens is 1640 g/mol. The number of amides is 5. The standard InChI is InChI=1S/C19H20FN3OS.C18H19FN4OS.C18H19FN4O.C18H18FN3OS.C17H16FN3O2S/c20-16-8-6-14(7-9-16)12-18(24)22-19(25)23-11-2-1-5-17(23)15-4-3-10-21-13-15;1-22-9-10-23(16(12-22)14-3-2-8-20-11-14)18(25)21-17(24)13-4-6-15(19)7-5-13;19-15-8-6-13(7-9-15)17(24)22-18(20)23-11-2-1-5-16(23)14-4-3-10-21-12-14;19-15-8-6-13(7-9-15)17(23)21-18(24)22-11-2-1-5-16(22)14-4-3-10-20-12-14;18-14-5-3-12(4-6-14)16(22)20-17(24)21-8-9-23-11-15(21)13-2-1-7-19-10-13/h3-4,6-10,13,17H,1-2,5,11-12H2,(H,22,24,25);2-8,11,16H,9-10,12H2,1H3,(H,21,24,25);3-4,6-10,12,16H,1-2,5,11H2,(H2,20,22,24);3-4,6-10,12,16H,1-2,5,11H2,(H,21,23,24);1-7,10,15H,8-9,11H2,(H,20,22,24). The highest BCUT2D eigenvalue weighted by Gasteiger charge is 2.34. The molecule has 32 heteroatoms. The zero-order valence-electron chi connectivity index (χ0n) is 66.8. The lowest BCUT2D eigenvalue weighted by Gasteiger charge is -2.41.